The molecule has 1 N–H and O–H groups in total. The molecule has 2 fully saturated rings. The third kappa shape index (κ3) is 1.16. The molecule has 0 spiro atoms. The van der Waals surface area contributed by atoms with Crippen LogP contribution in [0.1, 0.15) is 25.7 Å². The average Bonchev–Trinajstić information content (AvgIpc) is 2.99. The Bertz CT molecular complexity index is 201. The molecule has 1 aliphatic heterocycles. The third-order valence-corrected chi connectivity index (χ3v) is 3.68. The van der Waals surface area contributed by atoms with Crippen LogP contribution >= 0.6 is 0 Å². The van der Waals surface area contributed by atoms with Crippen molar-refractivity contribution in [3.63, 3.8) is 0 Å². The van der Waals surface area contributed by atoms with Gasteiger partial charge < -0.3 is 5.32 Å². The predicted octanol–water partition coefficient (Wildman–Crippen LogP) is 2.16. The topological polar surface area (TPSA) is 12.0 Å². The summed E-state index contributed by atoms with van der Waals surface area (Å²) in [5, 5.41) is 3.39. The van der Waals surface area contributed by atoms with Gasteiger partial charge in [-0.05, 0) is 55.6 Å². The fraction of sp³-hybridized carbons (Fsp3) is 0.818. The highest BCUT2D eigenvalue weighted by atomic mass is 14.9. The Kier molecular flexibility index (Phi) is 1.46. The molecular weight excluding hydrogens is 146 g/mol. The summed E-state index contributed by atoms with van der Waals surface area (Å²) in [6.45, 7) is 1.25. The molecule has 3 aliphatic rings. The van der Waals surface area contributed by atoms with Gasteiger partial charge in [-0.15, -0.1) is 0 Å². The minimum atomic E-state index is 0.943. The minimum Gasteiger partial charge on any atom is -0.391 e. The summed E-state index contributed by atoms with van der Waals surface area (Å²) in [6.07, 6.45) is 10.6. The summed E-state index contributed by atoms with van der Waals surface area (Å²) in [5.41, 5.74) is 0. The second kappa shape index (κ2) is 2.51. The molecule has 1 nitrogen and oxygen atoms in total. The van der Waals surface area contributed by atoms with Crippen molar-refractivity contribution < 1.29 is 0 Å². The molecule has 2 aliphatic carbocycles. The Hall–Kier alpha value is -0.460. The van der Waals surface area contributed by atoms with E-state index >= 15 is 0 Å². The molecule has 0 aromatic rings. The molecule has 1 heterocycles. The zero-order chi connectivity index (χ0) is 7.97. The number of rotatable bonds is 2. The van der Waals surface area contributed by atoms with Gasteiger partial charge >= 0.3 is 0 Å². The van der Waals surface area contributed by atoms with Crippen molar-refractivity contribution in [1.29, 1.82) is 0 Å². The molecule has 0 bridgehead atoms. The van der Waals surface area contributed by atoms with Crippen LogP contribution in [0.5, 0.6) is 0 Å². The first-order valence-electron chi connectivity index (χ1n) is 5.35. The molecule has 1 heteroatoms. The van der Waals surface area contributed by atoms with Gasteiger partial charge in [0.1, 0.15) is 0 Å². The minimum absolute atomic E-state index is 0.943. The molecule has 66 valence electrons. The van der Waals surface area contributed by atoms with E-state index in [1.54, 1.807) is 0 Å². The lowest BCUT2D eigenvalue weighted by atomic mass is 9.83. The molecule has 0 aromatic heterocycles. The van der Waals surface area contributed by atoms with Crippen molar-refractivity contribution in [2.75, 3.05) is 6.54 Å². The highest BCUT2D eigenvalue weighted by Gasteiger charge is 2.42. The van der Waals surface area contributed by atoms with Gasteiger partial charge in [0.2, 0.25) is 0 Å². The van der Waals surface area contributed by atoms with E-state index in [-0.39, 0.29) is 0 Å². The van der Waals surface area contributed by atoms with E-state index in [2.05, 4.69) is 17.6 Å². The van der Waals surface area contributed by atoms with Crippen LogP contribution in [0.25, 0.3) is 0 Å². The predicted molar refractivity (Wildman–Crippen MR) is 49.6 cm³/mol. The Balaban J connectivity index is 1.75. The van der Waals surface area contributed by atoms with Gasteiger partial charge in [0.25, 0.3) is 0 Å². The van der Waals surface area contributed by atoms with Crippen LogP contribution in [-0.4, -0.2) is 6.54 Å². The second-order valence-corrected chi connectivity index (χ2v) is 4.68. The maximum absolute atomic E-state index is 3.39. The molecule has 3 rings (SSSR count). The van der Waals surface area contributed by atoms with Gasteiger partial charge in [0.15, 0.2) is 0 Å². The summed E-state index contributed by atoms with van der Waals surface area (Å²) in [7, 11) is 0. The molecule has 0 amide bonds. The van der Waals surface area contributed by atoms with Crippen LogP contribution in [0.2, 0.25) is 0 Å². The fourth-order valence-electron chi connectivity index (χ4n) is 2.66. The highest BCUT2D eigenvalue weighted by Crippen LogP contribution is 2.49. The molecule has 0 radical (unpaired) electrons. The van der Waals surface area contributed by atoms with E-state index in [1.807, 2.05) is 0 Å². The number of allylic oxidation sites excluding steroid dienone is 1. The summed E-state index contributed by atoms with van der Waals surface area (Å²) >= 11 is 0. The maximum Gasteiger partial charge on any atom is 0.0178 e. The van der Waals surface area contributed by atoms with Crippen molar-refractivity contribution in [1.82, 2.24) is 5.32 Å². The van der Waals surface area contributed by atoms with Gasteiger partial charge in [-0.25, -0.2) is 0 Å². The van der Waals surface area contributed by atoms with E-state index in [1.165, 1.54) is 32.2 Å². The molecular formula is C11H17N. The van der Waals surface area contributed by atoms with Crippen LogP contribution in [0.4, 0.5) is 0 Å². The molecule has 0 aromatic carbocycles. The number of hydrogen-bond donors (Lipinski definition) is 1. The summed E-state index contributed by atoms with van der Waals surface area (Å²) in [5.74, 6) is 4.07. The average molecular weight is 163 g/mol. The van der Waals surface area contributed by atoms with Gasteiger partial charge in [-0.2, -0.15) is 0 Å². The van der Waals surface area contributed by atoms with Crippen LogP contribution in [0, 0.1) is 23.7 Å². The zero-order valence-electron chi connectivity index (χ0n) is 7.50. The summed E-state index contributed by atoms with van der Waals surface area (Å²) in [6, 6.07) is 0. The number of hydrogen-bond acceptors (Lipinski definition) is 1. The number of nitrogens with one attached hydrogen (secondary N) is 1. The van der Waals surface area contributed by atoms with Gasteiger partial charge in [0.05, 0.1) is 0 Å². The first kappa shape index (κ1) is 6.99. The van der Waals surface area contributed by atoms with E-state index in [4.69, 9.17) is 0 Å². The van der Waals surface area contributed by atoms with E-state index < -0.39 is 0 Å². The quantitative estimate of drug-likeness (QED) is 0.657. The molecule has 2 unspecified atom stereocenters. The van der Waals surface area contributed by atoms with Crippen LogP contribution in [0.3, 0.4) is 0 Å². The van der Waals surface area contributed by atoms with Gasteiger partial charge in [-0.1, -0.05) is 6.08 Å². The molecule has 2 saturated carbocycles. The summed E-state index contributed by atoms with van der Waals surface area (Å²) in [4.78, 5) is 0. The lowest BCUT2D eigenvalue weighted by molar-refractivity contribution is 0.299. The van der Waals surface area contributed by atoms with Crippen molar-refractivity contribution in [3.8, 4) is 0 Å². The first-order valence-corrected chi connectivity index (χ1v) is 5.35. The zero-order valence-corrected chi connectivity index (χ0v) is 7.50. The highest BCUT2D eigenvalue weighted by molar-refractivity contribution is 5.05. The molecule has 12 heavy (non-hydrogen) atoms. The molecule has 2 atom stereocenters. The monoisotopic (exact) mass is 163 g/mol. The van der Waals surface area contributed by atoms with Crippen molar-refractivity contribution in [2.45, 2.75) is 25.7 Å². The third-order valence-electron chi connectivity index (χ3n) is 3.68. The van der Waals surface area contributed by atoms with Crippen LogP contribution in [-0.2, 0) is 0 Å². The largest absolute Gasteiger partial charge is 0.391 e. The van der Waals surface area contributed by atoms with Crippen molar-refractivity contribution >= 4 is 0 Å². The first-order chi connectivity index (χ1) is 5.95. The van der Waals surface area contributed by atoms with E-state index in [9.17, 15) is 0 Å². The molecule has 0 saturated heterocycles. The normalized spacial score (nSPS) is 41.0. The van der Waals surface area contributed by atoms with Crippen molar-refractivity contribution in [3.05, 3.63) is 12.3 Å². The fourth-order valence-corrected chi connectivity index (χ4v) is 2.66. The maximum atomic E-state index is 3.39. The Labute approximate surface area is 74.2 Å². The smallest absolute Gasteiger partial charge is 0.0178 e. The van der Waals surface area contributed by atoms with Crippen molar-refractivity contribution in [2.24, 2.45) is 23.7 Å². The Morgan fingerprint density at radius 3 is 2.42 bits per heavy atom. The van der Waals surface area contributed by atoms with E-state index in [0.717, 1.165) is 23.7 Å². The Morgan fingerprint density at radius 1 is 1.00 bits per heavy atom. The summed E-state index contributed by atoms with van der Waals surface area (Å²) < 4.78 is 0. The van der Waals surface area contributed by atoms with Crippen LogP contribution in [0.15, 0.2) is 12.3 Å². The Morgan fingerprint density at radius 2 is 1.75 bits per heavy atom. The van der Waals surface area contributed by atoms with Crippen LogP contribution < -0.4 is 5.32 Å². The van der Waals surface area contributed by atoms with E-state index in [0.29, 0.717) is 0 Å². The standard InChI is InChI=1S/C11H17N/c1-2-8(1)10-5-6-12-7-11(10)9-3-4-9/h5-6,8-12H,1-4,7H2. The second-order valence-electron chi connectivity index (χ2n) is 4.68. The van der Waals surface area contributed by atoms with Gasteiger partial charge in [0, 0.05) is 6.54 Å². The van der Waals surface area contributed by atoms with Gasteiger partial charge in [-0.3, -0.25) is 0 Å². The lowest BCUT2D eigenvalue weighted by Gasteiger charge is -2.28. The SMILES string of the molecule is C1=CC(C2CC2)C(C2CC2)CN1. The lowest BCUT2D eigenvalue weighted by Crippen LogP contribution is -2.31.